The highest BCUT2D eigenvalue weighted by atomic mass is 15.1. The van der Waals surface area contributed by atoms with E-state index in [-0.39, 0.29) is 0 Å². The Kier molecular flexibility index (Phi) is 7.92. The van der Waals surface area contributed by atoms with E-state index in [9.17, 15) is 0 Å². The summed E-state index contributed by atoms with van der Waals surface area (Å²) in [5, 5.41) is 0. The Morgan fingerprint density at radius 2 is 1.70 bits per heavy atom. The maximum Gasteiger partial charge on any atom is 0.256 e. The van der Waals surface area contributed by atoms with Crippen molar-refractivity contribution in [3.05, 3.63) is 54.1 Å². The second-order valence-corrected chi connectivity index (χ2v) is 6.50. The summed E-state index contributed by atoms with van der Waals surface area (Å²) in [5.41, 5.74) is 1.45. The molecule has 0 aliphatic heterocycles. The summed E-state index contributed by atoms with van der Waals surface area (Å²) in [4.78, 5) is 0. The van der Waals surface area contributed by atoms with Crippen LogP contribution in [-0.2, 0) is 25.9 Å². The Bertz CT molecular complexity index is 542. The van der Waals surface area contributed by atoms with Gasteiger partial charge in [-0.1, -0.05) is 57.0 Å². The zero-order valence-electron chi connectivity index (χ0n) is 15.0. The first-order valence-corrected chi connectivity index (χ1v) is 9.46. The molecule has 0 aliphatic rings. The van der Waals surface area contributed by atoms with E-state index in [4.69, 9.17) is 0 Å². The zero-order chi connectivity index (χ0) is 16.3. The van der Waals surface area contributed by atoms with Crippen LogP contribution < -0.4 is 4.57 Å². The fourth-order valence-electron chi connectivity index (χ4n) is 3.22. The van der Waals surface area contributed by atoms with Crippen LogP contribution in [0.25, 0.3) is 0 Å². The number of aryl methyl sites for hydroxylation is 3. The van der Waals surface area contributed by atoms with Crippen molar-refractivity contribution in [2.75, 3.05) is 0 Å². The highest BCUT2D eigenvalue weighted by Gasteiger charge is 2.15. The molecule has 2 aromatic rings. The third kappa shape index (κ3) is 5.85. The Morgan fingerprint density at radius 1 is 0.870 bits per heavy atom. The van der Waals surface area contributed by atoms with Crippen molar-refractivity contribution in [1.29, 1.82) is 0 Å². The second kappa shape index (κ2) is 10.3. The van der Waals surface area contributed by atoms with Gasteiger partial charge in [-0.2, -0.15) is 0 Å². The first-order chi connectivity index (χ1) is 11.3. The molecule has 0 fully saturated rings. The van der Waals surface area contributed by atoms with Gasteiger partial charge in [-0.25, -0.2) is 9.13 Å². The molecule has 2 heteroatoms. The average molecular weight is 314 g/mol. The minimum Gasteiger partial charge on any atom is -0.234 e. The largest absolute Gasteiger partial charge is 0.256 e. The lowest BCUT2D eigenvalue weighted by atomic mass is 10.1. The van der Waals surface area contributed by atoms with E-state index in [1.54, 1.807) is 0 Å². The highest BCUT2D eigenvalue weighted by molar-refractivity contribution is 5.14. The third-order valence-electron chi connectivity index (χ3n) is 4.52. The van der Waals surface area contributed by atoms with E-state index >= 15 is 0 Å². The van der Waals surface area contributed by atoms with Crippen LogP contribution in [0.5, 0.6) is 0 Å². The Morgan fingerprint density at radius 3 is 2.43 bits per heavy atom. The maximum atomic E-state index is 2.49. The average Bonchev–Trinajstić information content (AvgIpc) is 2.95. The predicted octanol–water partition coefficient (Wildman–Crippen LogP) is 4.94. The molecule has 1 aromatic heterocycles. The molecule has 1 aromatic carbocycles. The van der Waals surface area contributed by atoms with E-state index in [1.165, 1.54) is 69.3 Å². The molecule has 0 amide bonds. The van der Waals surface area contributed by atoms with Crippen LogP contribution in [0.2, 0.25) is 0 Å². The van der Waals surface area contributed by atoms with Crippen molar-refractivity contribution in [2.45, 2.75) is 78.3 Å². The maximum absolute atomic E-state index is 2.49. The van der Waals surface area contributed by atoms with E-state index in [1.807, 2.05) is 0 Å². The summed E-state index contributed by atoms with van der Waals surface area (Å²) in [7, 11) is 0. The molecule has 0 saturated carbocycles. The monoisotopic (exact) mass is 313 g/mol. The summed E-state index contributed by atoms with van der Waals surface area (Å²) in [6, 6.07) is 10.8. The van der Waals surface area contributed by atoms with Crippen LogP contribution in [-0.4, -0.2) is 4.57 Å². The number of hydrogen-bond acceptors (Lipinski definition) is 0. The third-order valence-corrected chi connectivity index (χ3v) is 4.52. The molecule has 2 rings (SSSR count). The molecule has 0 aliphatic carbocycles. The van der Waals surface area contributed by atoms with Crippen LogP contribution in [0.15, 0.2) is 42.7 Å². The minimum absolute atomic E-state index is 1.13. The molecule has 0 atom stereocenters. The number of aromatic nitrogens is 2. The normalized spacial score (nSPS) is 11.0. The summed E-state index contributed by atoms with van der Waals surface area (Å²) in [5.74, 6) is 1.51. The number of hydrogen-bond donors (Lipinski definition) is 0. The lowest BCUT2D eigenvalue weighted by Gasteiger charge is -2.05. The fourth-order valence-corrected chi connectivity index (χ4v) is 3.22. The van der Waals surface area contributed by atoms with Crippen molar-refractivity contribution in [3.63, 3.8) is 0 Å². The quantitative estimate of drug-likeness (QED) is 0.410. The Hall–Kier alpha value is -1.57. The van der Waals surface area contributed by atoms with Gasteiger partial charge in [0.05, 0.1) is 13.1 Å². The van der Waals surface area contributed by atoms with Crippen LogP contribution in [0.3, 0.4) is 0 Å². The Balaban J connectivity index is 1.88. The molecule has 0 N–H and O–H groups in total. The lowest BCUT2D eigenvalue weighted by Crippen LogP contribution is -2.37. The van der Waals surface area contributed by atoms with Gasteiger partial charge in [0.1, 0.15) is 12.4 Å². The van der Waals surface area contributed by atoms with Gasteiger partial charge in [0, 0.05) is 6.42 Å². The minimum atomic E-state index is 1.13. The molecule has 126 valence electrons. The van der Waals surface area contributed by atoms with E-state index < -0.39 is 0 Å². The summed E-state index contributed by atoms with van der Waals surface area (Å²) in [6.45, 7) is 6.87. The molecule has 2 nitrogen and oxygen atoms in total. The molecule has 0 unspecified atom stereocenters. The second-order valence-electron chi connectivity index (χ2n) is 6.50. The summed E-state index contributed by atoms with van der Waals surface area (Å²) >= 11 is 0. The number of imidazole rings is 1. The molecule has 0 saturated heterocycles. The topological polar surface area (TPSA) is 8.81 Å². The van der Waals surface area contributed by atoms with Crippen molar-refractivity contribution >= 4 is 0 Å². The van der Waals surface area contributed by atoms with E-state index in [2.05, 4.69) is 65.7 Å². The van der Waals surface area contributed by atoms with Crippen molar-refractivity contribution in [2.24, 2.45) is 0 Å². The first-order valence-electron chi connectivity index (χ1n) is 9.46. The first kappa shape index (κ1) is 17.8. The number of benzene rings is 1. The zero-order valence-corrected chi connectivity index (χ0v) is 15.0. The van der Waals surface area contributed by atoms with Crippen LogP contribution in [0.4, 0.5) is 0 Å². The molecule has 1 heterocycles. The van der Waals surface area contributed by atoms with Gasteiger partial charge in [0.2, 0.25) is 0 Å². The van der Waals surface area contributed by atoms with Gasteiger partial charge in [-0.15, -0.1) is 0 Å². The van der Waals surface area contributed by atoms with Crippen LogP contribution >= 0.6 is 0 Å². The van der Waals surface area contributed by atoms with Crippen LogP contribution in [0.1, 0.15) is 63.8 Å². The van der Waals surface area contributed by atoms with Crippen LogP contribution in [0, 0.1) is 0 Å². The predicted molar refractivity (Wildman–Crippen MR) is 97.5 cm³/mol. The van der Waals surface area contributed by atoms with Gasteiger partial charge < -0.3 is 0 Å². The SMILES string of the molecule is CCCCCCn1cc[n+](CCCc2ccccc2)c1CCC. The number of nitrogens with zero attached hydrogens (tertiary/aromatic N) is 2. The number of unbranched alkanes of at least 4 members (excludes halogenated alkanes) is 3. The smallest absolute Gasteiger partial charge is 0.234 e. The lowest BCUT2D eigenvalue weighted by molar-refractivity contribution is -0.704. The molecular weight excluding hydrogens is 280 g/mol. The van der Waals surface area contributed by atoms with Gasteiger partial charge in [0.15, 0.2) is 0 Å². The van der Waals surface area contributed by atoms with E-state index in [0.29, 0.717) is 0 Å². The molecular formula is C21H33N2+. The molecule has 0 spiro atoms. The van der Waals surface area contributed by atoms with Gasteiger partial charge in [-0.3, -0.25) is 0 Å². The van der Waals surface area contributed by atoms with Crippen molar-refractivity contribution < 1.29 is 4.57 Å². The van der Waals surface area contributed by atoms with Gasteiger partial charge >= 0.3 is 0 Å². The molecule has 23 heavy (non-hydrogen) atoms. The highest BCUT2D eigenvalue weighted by Crippen LogP contribution is 2.07. The van der Waals surface area contributed by atoms with Crippen molar-refractivity contribution in [3.8, 4) is 0 Å². The van der Waals surface area contributed by atoms with Gasteiger partial charge in [-0.05, 0) is 37.7 Å². The van der Waals surface area contributed by atoms with E-state index in [0.717, 1.165) is 6.54 Å². The van der Waals surface area contributed by atoms with Gasteiger partial charge in [0.25, 0.3) is 5.82 Å². The molecule has 0 radical (unpaired) electrons. The van der Waals surface area contributed by atoms with Crippen molar-refractivity contribution in [1.82, 2.24) is 4.57 Å². The summed E-state index contributed by atoms with van der Waals surface area (Å²) in [6.07, 6.45) is 14.7. The Labute approximate surface area is 142 Å². The summed E-state index contributed by atoms with van der Waals surface area (Å²) < 4.78 is 4.97. The number of rotatable bonds is 11. The fraction of sp³-hybridized carbons (Fsp3) is 0.571. The molecule has 0 bridgehead atoms. The standard InChI is InChI=1S/C21H33N2/c1-3-5-6-10-16-22-18-19-23(21(22)12-4-2)17-11-15-20-13-8-7-9-14-20/h7-9,13-14,18-19H,3-6,10-12,15-17H2,1-2H3/q+1.